The molecule has 9 nitrogen and oxygen atoms in total. The Morgan fingerprint density at radius 1 is 1.29 bits per heavy atom. The summed E-state index contributed by atoms with van der Waals surface area (Å²) >= 11 is 1.21. The number of carbonyl (C=O) groups excluding carboxylic acids is 1. The Hall–Kier alpha value is -3.14. The molecule has 1 amide bonds. The second-order valence-corrected chi connectivity index (χ2v) is 5.74. The third-order valence-electron chi connectivity index (χ3n) is 3.00. The van der Waals surface area contributed by atoms with Crippen LogP contribution in [0.4, 0.5) is 11.4 Å². The van der Waals surface area contributed by atoms with E-state index in [2.05, 4.69) is 10.5 Å². The highest BCUT2D eigenvalue weighted by Gasteiger charge is 2.16. The Labute approximate surface area is 139 Å². The van der Waals surface area contributed by atoms with Crippen molar-refractivity contribution in [3.63, 3.8) is 0 Å². The van der Waals surface area contributed by atoms with Crippen molar-refractivity contribution in [3.05, 3.63) is 65.9 Å². The van der Waals surface area contributed by atoms with Crippen LogP contribution in [0.1, 0.15) is 27.0 Å². The van der Waals surface area contributed by atoms with E-state index in [0.717, 1.165) is 6.07 Å². The second-order valence-electron chi connectivity index (χ2n) is 4.57. The van der Waals surface area contributed by atoms with Crippen LogP contribution in [0, 0.1) is 20.2 Å². The summed E-state index contributed by atoms with van der Waals surface area (Å²) in [7, 11) is 0. The van der Waals surface area contributed by atoms with Crippen LogP contribution in [-0.2, 0) is 6.42 Å². The zero-order chi connectivity index (χ0) is 17.7. The first kappa shape index (κ1) is 17.2. The molecule has 0 aliphatic heterocycles. The number of nitro groups is 2. The third-order valence-corrected chi connectivity index (χ3v) is 4.20. The molecule has 0 aliphatic rings. The van der Waals surface area contributed by atoms with Gasteiger partial charge in [0.1, 0.15) is 0 Å². The highest BCUT2D eigenvalue weighted by atomic mass is 32.1. The Morgan fingerprint density at radius 2 is 2.04 bits per heavy atom. The predicted molar refractivity (Wildman–Crippen MR) is 88.5 cm³/mol. The Kier molecular flexibility index (Phi) is 5.32. The molecule has 1 aromatic heterocycles. The highest BCUT2D eigenvalue weighted by Crippen LogP contribution is 2.28. The molecule has 0 fully saturated rings. The van der Waals surface area contributed by atoms with E-state index in [9.17, 15) is 25.0 Å². The van der Waals surface area contributed by atoms with E-state index in [0.29, 0.717) is 16.2 Å². The van der Waals surface area contributed by atoms with E-state index in [-0.39, 0.29) is 16.9 Å². The van der Waals surface area contributed by atoms with E-state index < -0.39 is 15.8 Å². The first-order chi connectivity index (χ1) is 11.4. The summed E-state index contributed by atoms with van der Waals surface area (Å²) in [5.41, 5.74) is 2.15. The number of rotatable bonds is 6. The van der Waals surface area contributed by atoms with Crippen LogP contribution in [0.2, 0.25) is 0 Å². The van der Waals surface area contributed by atoms with E-state index in [4.69, 9.17) is 0 Å². The van der Waals surface area contributed by atoms with Crippen molar-refractivity contribution in [2.24, 2.45) is 5.10 Å². The highest BCUT2D eigenvalue weighted by molar-refractivity contribution is 7.14. The van der Waals surface area contributed by atoms with Crippen LogP contribution >= 0.6 is 11.3 Å². The van der Waals surface area contributed by atoms with Crippen molar-refractivity contribution in [2.45, 2.75) is 13.3 Å². The molecule has 0 aliphatic carbocycles. The summed E-state index contributed by atoms with van der Waals surface area (Å²) in [6, 6.07) is 6.61. The molecule has 10 heteroatoms. The molecule has 2 rings (SSSR count). The number of amides is 1. The standard InChI is InChI=1S/C14H12N4O5S/c1-2-13-12(18(22)23)7-11(24-13)8-15-16-14(19)9-4-3-5-10(6-9)17(20)21/h3-8H,2H2,1H3,(H,16,19). The number of aryl methyl sites for hydroxylation is 1. The summed E-state index contributed by atoms with van der Waals surface area (Å²) in [5, 5.41) is 25.3. The Morgan fingerprint density at radius 3 is 2.62 bits per heavy atom. The quantitative estimate of drug-likeness (QED) is 0.487. The lowest BCUT2D eigenvalue weighted by Crippen LogP contribution is -2.17. The maximum absolute atomic E-state index is 11.9. The van der Waals surface area contributed by atoms with Gasteiger partial charge in [0.25, 0.3) is 17.3 Å². The molecule has 124 valence electrons. The average Bonchev–Trinajstić information content (AvgIpc) is 2.98. The van der Waals surface area contributed by atoms with Crippen molar-refractivity contribution in [1.82, 2.24) is 5.43 Å². The number of nitrogens with zero attached hydrogens (tertiary/aromatic N) is 3. The zero-order valence-corrected chi connectivity index (χ0v) is 13.3. The lowest BCUT2D eigenvalue weighted by Gasteiger charge is -1.99. The lowest BCUT2D eigenvalue weighted by atomic mass is 10.2. The van der Waals surface area contributed by atoms with E-state index >= 15 is 0 Å². The van der Waals surface area contributed by atoms with Gasteiger partial charge in [0, 0.05) is 23.8 Å². The Bertz CT molecular complexity index is 830. The van der Waals surface area contributed by atoms with Crippen molar-refractivity contribution < 1.29 is 14.6 Å². The van der Waals surface area contributed by atoms with Gasteiger partial charge in [-0.15, -0.1) is 11.3 Å². The molecule has 0 spiro atoms. The third kappa shape index (κ3) is 3.98. The van der Waals surface area contributed by atoms with Crippen LogP contribution in [-0.4, -0.2) is 22.0 Å². The van der Waals surface area contributed by atoms with Crippen LogP contribution in [0.3, 0.4) is 0 Å². The van der Waals surface area contributed by atoms with Crippen molar-refractivity contribution in [3.8, 4) is 0 Å². The monoisotopic (exact) mass is 348 g/mol. The molecule has 0 unspecified atom stereocenters. The van der Waals surface area contributed by atoms with Crippen LogP contribution < -0.4 is 5.43 Å². The van der Waals surface area contributed by atoms with Crippen molar-refractivity contribution >= 4 is 34.8 Å². The van der Waals surface area contributed by atoms with E-state index in [1.165, 1.54) is 41.8 Å². The fourth-order valence-corrected chi connectivity index (χ4v) is 2.83. The molecule has 0 atom stereocenters. The van der Waals surface area contributed by atoms with Gasteiger partial charge in [-0.05, 0) is 12.5 Å². The first-order valence-corrected chi connectivity index (χ1v) is 7.59. The first-order valence-electron chi connectivity index (χ1n) is 6.77. The van der Waals surface area contributed by atoms with Crippen molar-refractivity contribution in [1.29, 1.82) is 0 Å². The topological polar surface area (TPSA) is 128 Å². The molecule has 1 aromatic carbocycles. The molecular weight excluding hydrogens is 336 g/mol. The summed E-state index contributed by atoms with van der Waals surface area (Å²) in [6.45, 7) is 1.81. The predicted octanol–water partition coefficient (Wildman–Crippen LogP) is 2.89. The number of hydrogen-bond donors (Lipinski definition) is 1. The number of benzene rings is 1. The maximum Gasteiger partial charge on any atom is 0.283 e. The molecule has 24 heavy (non-hydrogen) atoms. The molecule has 2 aromatic rings. The summed E-state index contributed by atoms with van der Waals surface area (Å²) in [6.07, 6.45) is 1.82. The molecule has 0 saturated carbocycles. The van der Waals surface area contributed by atoms with Gasteiger partial charge < -0.3 is 0 Å². The summed E-state index contributed by atoms with van der Waals surface area (Å²) in [4.78, 5) is 33.5. The van der Waals surface area contributed by atoms with Crippen LogP contribution in [0.5, 0.6) is 0 Å². The van der Waals surface area contributed by atoms with Gasteiger partial charge in [-0.2, -0.15) is 5.10 Å². The van der Waals surface area contributed by atoms with Gasteiger partial charge in [0.05, 0.1) is 25.8 Å². The SMILES string of the molecule is CCc1sc(C=NNC(=O)c2cccc([N+](=O)[O-])c2)cc1[N+](=O)[O-]. The van der Waals surface area contributed by atoms with Crippen LogP contribution in [0.15, 0.2) is 35.4 Å². The molecule has 1 heterocycles. The molecule has 0 saturated heterocycles. The smallest absolute Gasteiger partial charge is 0.267 e. The second kappa shape index (κ2) is 7.42. The zero-order valence-electron chi connectivity index (χ0n) is 12.5. The van der Waals surface area contributed by atoms with E-state index in [1.54, 1.807) is 0 Å². The fourth-order valence-electron chi connectivity index (χ4n) is 1.89. The number of nitrogens with one attached hydrogen (secondary N) is 1. The van der Waals surface area contributed by atoms with Gasteiger partial charge in [-0.3, -0.25) is 25.0 Å². The lowest BCUT2D eigenvalue weighted by molar-refractivity contribution is -0.385. The number of thiophene rings is 1. The summed E-state index contributed by atoms with van der Waals surface area (Å²) in [5.74, 6) is -0.614. The normalized spacial score (nSPS) is 10.7. The van der Waals surface area contributed by atoms with Crippen molar-refractivity contribution in [2.75, 3.05) is 0 Å². The largest absolute Gasteiger partial charge is 0.283 e. The van der Waals surface area contributed by atoms with Gasteiger partial charge >= 0.3 is 0 Å². The fraction of sp³-hybridized carbons (Fsp3) is 0.143. The van der Waals surface area contributed by atoms with Gasteiger partial charge in [-0.1, -0.05) is 13.0 Å². The number of carbonyl (C=O) groups is 1. The minimum Gasteiger partial charge on any atom is -0.267 e. The number of hydrazone groups is 1. The maximum atomic E-state index is 11.9. The molecule has 0 bridgehead atoms. The molecule has 1 N–H and O–H groups in total. The van der Waals surface area contributed by atoms with E-state index in [1.807, 2.05) is 6.92 Å². The van der Waals surface area contributed by atoms with Crippen LogP contribution in [0.25, 0.3) is 0 Å². The Balaban J connectivity index is 2.09. The molecule has 0 radical (unpaired) electrons. The van der Waals surface area contributed by atoms with Gasteiger partial charge in [0.15, 0.2) is 0 Å². The molecular formula is C14H12N4O5S. The number of nitro benzene ring substituents is 1. The minimum absolute atomic E-state index is 0.0222. The van der Waals surface area contributed by atoms with Gasteiger partial charge in [-0.25, -0.2) is 5.43 Å². The average molecular weight is 348 g/mol. The number of non-ortho nitro benzene ring substituents is 1. The minimum atomic E-state index is -0.614. The van der Waals surface area contributed by atoms with Gasteiger partial charge in [0.2, 0.25) is 0 Å². The summed E-state index contributed by atoms with van der Waals surface area (Å²) < 4.78 is 0. The number of hydrogen-bond acceptors (Lipinski definition) is 7.